The number of piperidine rings is 1. The van der Waals surface area contributed by atoms with Crippen molar-refractivity contribution in [1.82, 2.24) is 10.2 Å². The number of hydrogen-bond acceptors (Lipinski definition) is 2. The van der Waals surface area contributed by atoms with Gasteiger partial charge in [0.15, 0.2) is 0 Å². The Morgan fingerprint density at radius 1 is 1.17 bits per heavy atom. The fraction of sp³-hybridized carbons (Fsp3) is 0.529. The molecule has 0 bridgehead atoms. The normalized spacial score (nSPS) is 16.1. The van der Waals surface area contributed by atoms with Gasteiger partial charge in [-0.15, -0.1) is 0 Å². The van der Waals surface area contributed by atoms with Crippen LogP contribution in [-0.4, -0.2) is 35.8 Å². The van der Waals surface area contributed by atoms with Gasteiger partial charge in [-0.3, -0.25) is 9.59 Å². The van der Waals surface area contributed by atoms with Crippen molar-refractivity contribution in [3.8, 4) is 0 Å². The predicted octanol–water partition coefficient (Wildman–Crippen LogP) is 3.23. The van der Waals surface area contributed by atoms with Crippen LogP contribution in [0.5, 0.6) is 0 Å². The van der Waals surface area contributed by atoms with Crippen molar-refractivity contribution < 1.29 is 22.8 Å². The van der Waals surface area contributed by atoms with Crippen molar-refractivity contribution in [2.75, 3.05) is 13.1 Å². The van der Waals surface area contributed by atoms with E-state index in [9.17, 15) is 22.8 Å². The van der Waals surface area contributed by atoms with Crippen LogP contribution in [0.2, 0.25) is 0 Å². The fourth-order valence-corrected chi connectivity index (χ4v) is 2.72. The predicted molar refractivity (Wildman–Crippen MR) is 83.4 cm³/mol. The molecule has 1 heterocycles. The first-order valence-electron chi connectivity index (χ1n) is 8.07. The maximum absolute atomic E-state index is 12.5. The zero-order chi connectivity index (χ0) is 17.7. The SMILES string of the molecule is CCCC(=O)N1CCC(NC(=O)c2ccc(C(F)(F)F)cc2)CC1. The van der Waals surface area contributed by atoms with Gasteiger partial charge in [-0.25, -0.2) is 0 Å². The van der Waals surface area contributed by atoms with E-state index >= 15 is 0 Å². The average Bonchev–Trinajstić information content (AvgIpc) is 2.55. The number of carbonyl (C=O) groups is 2. The molecule has 4 nitrogen and oxygen atoms in total. The molecule has 1 saturated heterocycles. The van der Waals surface area contributed by atoms with E-state index in [2.05, 4.69) is 5.32 Å². The maximum Gasteiger partial charge on any atom is 0.416 e. The molecule has 0 atom stereocenters. The van der Waals surface area contributed by atoms with Crippen LogP contribution in [-0.2, 0) is 11.0 Å². The van der Waals surface area contributed by atoms with Gasteiger partial charge in [-0.05, 0) is 43.5 Å². The largest absolute Gasteiger partial charge is 0.416 e. The van der Waals surface area contributed by atoms with Crippen LogP contribution in [0.15, 0.2) is 24.3 Å². The van der Waals surface area contributed by atoms with E-state index in [1.165, 1.54) is 12.1 Å². The molecule has 0 saturated carbocycles. The second-order valence-corrected chi connectivity index (χ2v) is 5.95. The van der Waals surface area contributed by atoms with Crippen molar-refractivity contribution >= 4 is 11.8 Å². The molecule has 2 amide bonds. The van der Waals surface area contributed by atoms with Gasteiger partial charge in [0.1, 0.15) is 0 Å². The van der Waals surface area contributed by atoms with E-state index in [4.69, 9.17) is 0 Å². The van der Waals surface area contributed by atoms with Gasteiger partial charge in [-0.1, -0.05) is 6.92 Å². The van der Waals surface area contributed by atoms with Crippen molar-refractivity contribution in [1.29, 1.82) is 0 Å². The molecule has 0 aliphatic carbocycles. The summed E-state index contributed by atoms with van der Waals surface area (Å²) >= 11 is 0. The third-order valence-electron chi connectivity index (χ3n) is 4.12. The van der Waals surface area contributed by atoms with Crippen molar-refractivity contribution in [2.45, 2.75) is 44.8 Å². The summed E-state index contributed by atoms with van der Waals surface area (Å²) in [5.41, 5.74) is -0.575. The second kappa shape index (κ2) is 7.68. The topological polar surface area (TPSA) is 49.4 Å². The molecule has 1 aromatic rings. The lowest BCUT2D eigenvalue weighted by Gasteiger charge is -2.32. The molecule has 24 heavy (non-hydrogen) atoms. The van der Waals surface area contributed by atoms with Crippen LogP contribution in [0.1, 0.15) is 48.5 Å². The zero-order valence-corrected chi connectivity index (χ0v) is 13.5. The summed E-state index contributed by atoms with van der Waals surface area (Å²) in [5, 5.41) is 2.83. The molecule has 0 radical (unpaired) electrons. The van der Waals surface area contributed by atoms with Crippen LogP contribution in [0.25, 0.3) is 0 Å². The van der Waals surface area contributed by atoms with E-state index in [0.717, 1.165) is 18.6 Å². The first-order chi connectivity index (χ1) is 11.3. The lowest BCUT2D eigenvalue weighted by molar-refractivity contribution is -0.137. The summed E-state index contributed by atoms with van der Waals surface area (Å²) < 4.78 is 37.6. The molecule has 1 aliphatic heterocycles. The number of hydrogen-bond donors (Lipinski definition) is 1. The molecule has 0 aromatic heterocycles. The summed E-state index contributed by atoms with van der Waals surface area (Å²) in [5.74, 6) is -0.257. The van der Waals surface area contributed by atoms with Gasteiger partial charge in [-0.2, -0.15) is 13.2 Å². The zero-order valence-electron chi connectivity index (χ0n) is 13.5. The number of benzene rings is 1. The maximum atomic E-state index is 12.5. The number of rotatable bonds is 4. The number of amides is 2. The number of likely N-dealkylation sites (tertiary alicyclic amines) is 1. The number of carbonyl (C=O) groups excluding carboxylic acids is 2. The summed E-state index contributed by atoms with van der Waals surface area (Å²) in [7, 11) is 0. The van der Waals surface area contributed by atoms with E-state index in [1.807, 2.05) is 6.92 Å². The molecular formula is C17H21F3N2O2. The number of nitrogens with zero attached hydrogens (tertiary/aromatic N) is 1. The van der Waals surface area contributed by atoms with Crippen LogP contribution in [0, 0.1) is 0 Å². The molecule has 0 spiro atoms. The van der Waals surface area contributed by atoms with E-state index < -0.39 is 11.7 Å². The molecule has 0 unspecified atom stereocenters. The summed E-state index contributed by atoms with van der Waals surface area (Å²) in [6.07, 6.45) is -1.76. The monoisotopic (exact) mass is 342 g/mol. The highest BCUT2D eigenvalue weighted by Crippen LogP contribution is 2.29. The summed E-state index contributed by atoms with van der Waals surface area (Å²) in [6, 6.07) is 4.10. The Kier molecular flexibility index (Phi) is 5.85. The minimum Gasteiger partial charge on any atom is -0.349 e. The van der Waals surface area contributed by atoms with Gasteiger partial charge in [0, 0.05) is 31.1 Å². The van der Waals surface area contributed by atoms with Crippen molar-refractivity contribution in [3.63, 3.8) is 0 Å². The van der Waals surface area contributed by atoms with Crippen molar-refractivity contribution in [3.05, 3.63) is 35.4 Å². The Labute approximate surface area is 139 Å². The van der Waals surface area contributed by atoms with Gasteiger partial charge < -0.3 is 10.2 Å². The number of halogens is 3. The Morgan fingerprint density at radius 3 is 2.25 bits per heavy atom. The molecule has 1 fully saturated rings. The van der Waals surface area contributed by atoms with Crippen LogP contribution in [0.3, 0.4) is 0 Å². The third-order valence-corrected chi connectivity index (χ3v) is 4.12. The molecule has 1 aliphatic rings. The Hall–Kier alpha value is -2.05. The van der Waals surface area contributed by atoms with Crippen LogP contribution < -0.4 is 5.32 Å². The Balaban J connectivity index is 1.86. The quantitative estimate of drug-likeness (QED) is 0.913. The molecule has 1 N–H and O–H groups in total. The van der Waals surface area contributed by atoms with E-state index in [-0.39, 0.29) is 23.4 Å². The van der Waals surface area contributed by atoms with Gasteiger partial charge >= 0.3 is 6.18 Å². The first kappa shape index (κ1) is 18.3. The highest BCUT2D eigenvalue weighted by Gasteiger charge is 2.30. The van der Waals surface area contributed by atoms with E-state index in [1.54, 1.807) is 4.90 Å². The standard InChI is InChI=1S/C17H21F3N2O2/c1-2-3-15(23)22-10-8-14(9-11-22)21-16(24)12-4-6-13(7-5-12)17(18,19)20/h4-7,14H,2-3,8-11H2,1H3,(H,21,24). The molecule has 132 valence electrons. The van der Waals surface area contributed by atoms with Gasteiger partial charge in [0.2, 0.25) is 5.91 Å². The molecular weight excluding hydrogens is 321 g/mol. The number of nitrogens with one attached hydrogen (secondary N) is 1. The van der Waals surface area contributed by atoms with Gasteiger partial charge in [0.05, 0.1) is 5.56 Å². The highest BCUT2D eigenvalue weighted by atomic mass is 19.4. The lowest BCUT2D eigenvalue weighted by Crippen LogP contribution is -2.46. The molecule has 1 aromatic carbocycles. The van der Waals surface area contributed by atoms with Crippen molar-refractivity contribution in [2.24, 2.45) is 0 Å². The summed E-state index contributed by atoms with van der Waals surface area (Å²) in [6.45, 7) is 3.14. The second-order valence-electron chi connectivity index (χ2n) is 5.95. The van der Waals surface area contributed by atoms with E-state index in [0.29, 0.717) is 32.4 Å². The Morgan fingerprint density at radius 2 is 1.75 bits per heavy atom. The smallest absolute Gasteiger partial charge is 0.349 e. The summed E-state index contributed by atoms with van der Waals surface area (Å²) in [4.78, 5) is 25.7. The molecule has 7 heteroatoms. The third kappa shape index (κ3) is 4.72. The van der Waals surface area contributed by atoms with Gasteiger partial charge in [0.25, 0.3) is 5.91 Å². The minimum atomic E-state index is -4.41. The number of alkyl halides is 3. The highest BCUT2D eigenvalue weighted by molar-refractivity contribution is 5.94. The Bertz CT molecular complexity index is 576. The first-order valence-corrected chi connectivity index (χ1v) is 8.07. The lowest BCUT2D eigenvalue weighted by atomic mass is 10.0. The molecule has 2 rings (SSSR count). The van der Waals surface area contributed by atoms with Crippen LogP contribution >= 0.6 is 0 Å². The van der Waals surface area contributed by atoms with Crippen LogP contribution in [0.4, 0.5) is 13.2 Å². The minimum absolute atomic E-state index is 0.0644. The fourth-order valence-electron chi connectivity index (χ4n) is 2.72. The average molecular weight is 342 g/mol.